The van der Waals surface area contributed by atoms with E-state index in [-0.39, 0.29) is 5.91 Å². The fourth-order valence-electron chi connectivity index (χ4n) is 4.53. The van der Waals surface area contributed by atoms with Gasteiger partial charge in [-0.2, -0.15) is 0 Å². The van der Waals surface area contributed by atoms with E-state index in [0.29, 0.717) is 19.6 Å². The Morgan fingerprint density at radius 3 is 2.61 bits per heavy atom. The Morgan fingerprint density at radius 1 is 1.00 bits per heavy atom. The smallest absolute Gasteiger partial charge is 0.254 e. The van der Waals surface area contributed by atoms with E-state index < -0.39 is 6.10 Å². The molecule has 1 amide bonds. The summed E-state index contributed by atoms with van der Waals surface area (Å²) in [4.78, 5) is 17.0. The second-order valence-electron chi connectivity index (χ2n) is 8.15. The van der Waals surface area contributed by atoms with E-state index in [1.165, 1.54) is 16.7 Å². The Bertz CT molecular complexity index is 848. The molecule has 0 bridgehead atoms. The largest absolute Gasteiger partial charge is 0.390 e. The summed E-state index contributed by atoms with van der Waals surface area (Å²) in [7, 11) is 0. The molecule has 0 aliphatic carbocycles. The summed E-state index contributed by atoms with van der Waals surface area (Å²) in [5, 5.41) is 10.6. The van der Waals surface area contributed by atoms with Gasteiger partial charge in [-0.15, -0.1) is 0 Å². The second-order valence-corrected chi connectivity index (χ2v) is 8.15. The molecule has 0 aromatic heterocycles. The Kier molecular flexibility index (Phi) is 5.79. The molecule has 2 aromatic carbocycles. The van der Waals surface area contributed by atoms with Crippen LogP contribution in [-0.4, -0.2) is 53.1 Å². The van der Waals surface area contributed by atoms with Crippen molar-refractivity contribution in [2.75, 3.05) is 26.2 Å². The van der Waals surface area contributed by atoms with Crippen molar-refractivity contribution in [1.82, 2.24) is 9.80 Å². The van der Waals surface area contributed by atoms with Crippen molar-refractivity contribution in [3.8, 4) is 0 Å². The van der Waals surface area contributed by atoms with Crippen LogP contribution in [0.3, 0.4) is 0 Å². The fraction of sp³-hybridized carbons (Fsp3) is 0.458. The predicted octanol–water partition coefficient (Wildman–Crippen LogP) is 3.06. The molecule has 2 aromatic rings. The number of amides is 1. The van der Waals surface area contributed by atoms with Gasteiger partial charge in [-0.1, -0.05) is 49.7 Å². The molecule has 0 saturated heterocycles. The van der Waals surface area contributed by atoms with Crippen molar-refractivity contribution in [2.45, 2.75) is 45.3 Å². The number of aryl methyl sites for hydroxylation is 1. The molecule has 0 radical (unpaired) electrons. The summed E-state index contributed by atoms with van der Waals surface area (Å²) in [5.41, 5.74) is 6.05. The van der Waals surface area contributed by atoms with Gasteiger partial charge < -0.3 is 10.0 Å². The highest BCUT2D eigenvalue weighted by molar-refractivity contribution is 5.96. The molecule has 2 aliphatic heterocycles. The summed E-state index contributed by atoms with van der Waals surface area (Å²) < 4.78 is 0. The van der Waals surface area contributed by atoms with E-state index in [1.54, 1.807) is 0 Å². The standard InChI is InChI=1S/C24H30N2O2/c1-2-5-18-8-9-23-20(14-18)11-13-26(24(23)28)17-22(27)16-25-12-10-19-6-3-4-7-21(19)15-25/h3-4,6-9,14,22,27H,2,5,10-13,15-17H2,1H3. The summed E-state index contributed by atoms with van der Waals surface area (Å²) in [6, 6.07) is 14.8. The number of hydrogen-bond acceptors (Lipinski definition) is 3. The normalized spacial score (nSPS) is 17.9. The quantitative estimate of drug-likeness (QED) is 0.840. The van der Waals surface area contributed by atoms with Gasteiger partial charge in [0.05, 0.1) is 6.10 Å². The van der Waals surface area contributed by atoms with Gasteiger partial charge in [0.15, 0.2) is 0 Å². The molecular weight excluding hydrogens is 348 g/mol. The number of benzene rings is 2. The van der Waals surface area contributed by atoms with Crippen molar-refractivity contribution in [2.24, 2.45) is 0 Å². The molecule has 1 unspecified atom stereocenters. The van der Waals surface area contributed by atoms with Gasteiger partial charge in [0, 0.05) is 38.3 Å². The molecule has 0 fully saturated rings. The van der Waals surface area contributed by atoms with E-state index in [9.17, 15) is 9.90 Å². The zero-order chi connectivity index (χ0) is 19.5. The lowest BCUT2D eigenvalue weighted by Gasteiger charge is -2.34. The van der Waals surface area contributed by atoms with E-state index >= 15 is 0 Å². The van der Waals surface area contributed by atoms with Gasteiger partial charge >= 0.3 is 0 Å². The number of rotatable bonds is 6. The van der Waals surface area contributed by atoms with Gasteiger partial charge in [0.1, 0.15) is 0 Å². The Morgan fingerprint density at radius 2 is 1.79 bits per heavy atom. The number of carbonyl (C=O) groups excluding carboxylic acids is 1. The molecule has 148 valence electrons. The minimum absolute atomic E-state index is 0.0624. The Hall–Kier alpha value is -2.17. The van der Waals surface area contributed by atoms with Crippen molar-refractivity contribution < 1.29 is 9.90 Å². The first-order chi connectivity index (χ1) is 13.6. The van der Waals surface area contributed by atoms with Crippen molar-refractivity contribution in [1.29, 1.82) is 0 Å². The average Bonchev–Trinajstić information content (AvgIpc) is 2.70. The van der Waals surface area contributed by atoms with Gasteiger partial charge in [-0.3, -0.25) is 9.69 Å². The molecule has 4 heteroatoms. The van der Waals surface area contributed by atoms with Gasteiger partial charge in [0.25, 0.3) is 5.91 Å². The molecular formula is C24H30N2O2. The maximum absolute atomic E-state index is 12.9. The van der Waals surface area contributed by atoms with E-state index in [2.05, 4.69) is 48.2 Å². The minimum atomic E-state index is -0.518. The zero-order valence-corrected chi connectivity index (χ0v) is 16.7. The maximum Gasteiger partial charge on any atom is 0.254 e. The highest BCUT2D eigenvalue weighted by Crippen LogP contribution is 2.22. The van der Waals surface area contributed by atoms with Gasteiger partial charge in [-0.25, -0.2) is 0 Å². The molecule has 1 N–H and O–H groups in total. The van der Waals surface area contributed by atoms with Crippen LogP contribution in [0.4, 0.5) is 0 Å². The van der Waals surface area contributed by atoms with Crippen molar-refractivity contribution >= 4 is 5.91 Å². The van der Waals surface area contributed by atoms with Crippen LogP contribution in [0.25, 0.3) is 0 Å². The molecule has 4 rings (SSSR count). The third-order valence-electron chi connectivity index (χ3n) is 5.99. The highest BCUT2D eigenvalue weighted by Gasteiger charge is 2.27. The zero-order valence-electron chi connectivity index (χ0n) is 16.7. The number of fused-ring (bicyclic) bond motifs is 2. The number of aliphatic hydroxyl groups excluding tert-OH is 1. The van der Waals surface area contributed by atoms with Crippen molar-refractivity contribution in [3.63, 3.8) is 0 Å². The van der Waals surface area contributed by atoms with Crippen LogP contribution >= 0.6 is 0 Å². The Balaban J connectivity index is 1.35. The molecule has 2 heterocycles. The minimum Gasteiger partial charge on any atom is -0.390 e. The highest BCUT2D eigenvalue weighted by atomic mass is 16.3. The first-order valence-corrected chi connectivity index (χ1v) is 10.5. The topological polar surface area (TPSA) is 43.8 Å². The van der Waals surface area contributed by atoms with Crippen LogP contribution in [0.15, 0.2) is 42.5 Å². The summed E-state index contributed by atoms with van der Waals surface area (Å²) in [6.07, 6.45) is 3.56. The summed E-state index contributed by atoms with van der Waals surface area (Å²) in [6.45, 7) is 5.73. The predicted molar refractivity (Wildman–Crippen MR) is 111 cm³/mol. The van der Waals surface area contributed by atoms with Crippen LogP contribution in [0, 0.1) is 0 Å². The lowest BCUT2D eigenvalue weighted by atomic mass is 9.95. The molecule has 0 spiro atoms. The third kappa shape index (κ3) is 4.13. The molecule has 0 saturated carbocycles. The van der Waals surface area contributed by atoms with Gasteiger partial charge in [0.2, 0.25) is 0 Å². The van der Waals surface area contributed by atoms with Gasteiger partial charge in [-0.05, 0) is 47.6 Å². The van der Waals surface area contributed by atoms with Crippen molar-refractivity contribution in [3.05, 3.63) is 70.3 Å². The maximum atomic E-state index is 12.9. The lowest BCUT2D eigenvalue weighted by Crippen LogP contribution is -2.46. The van der Waals surface area contributed by atoms with Crippen LogP contribution in [0.5, 0.6) is 0 Å². The number of β-amino-alcohol motifs (C(OH)–C–C–N with tert-alkyl or cyclic N) is 1. The molecule has 28 heavy (non-hydrogen) atoms. The molecule has 4 nitrogen and oxygen atoms in total. The first kappa shape index (κ1) is 19.2. The van der Waals surface area contributed by atoms with Crippen LogP contribution < -0.4 is 0 Å². The fourth-order valence-corrected chi connectivity index (χ4v) is 4.53. The average molecular weight is 379 g/mol. The van der Waals surface area contributed by atoms with Crippen LogP contribution in [0.2, 0.25) is 0 Å². The van der Waals surface area contributed by atoms with Crippen LogP contribution in [-0.2, 0) is 25.8 Å². The lowest BCUT2D eigenvalue weighted by molar-refractivity contribution is 0.0493. The summed E-state index contributed by atoms with van der Waals surface area (Å²) >= 11 is 0. The van der Waals surface area contributed by atoms with E-state index in [1.807, 2.05) is 11.0 Å². The first-order valence-electron chi connectivity index (χ1n) is 10.5. The van der Waals surface area contributed by atoms with Crippen LogP contribution in [0.1, 0.15) is 46.0 Å². The molecule has 2 aliphatic rings. The van der Waals surface area contributed by atoms with E-state index in [4.69, 9.17) is 0 Å². The molecule has 1 atom stereocenters. The third-order valence-corrected chi connectivity index (χ3v) is 5.99. The number of hydrogen-bond donors (Lipinski definition) is 1. The number of carbonyl (C=O) groups is 1. The monoisotopic (exact) mass is 378 g/mol. The second kappa shape index (κ2) is 8.46. The Labute approximate surface area is 167 Å². The number of aliphatic hydroxyl groups is 1. The summed E-state index contributed by atoms with van der Waals surface area (Å²) in [5.74, 6) is 0.0624. The SMILES string of the molecule is CCCc1ccc2c(c1)CCN(CC(O)CN1CCc3ccccc3C1)C2=O. The van der Waals surface area contributed by atoms with E-state index in [0.717, 1.165) is 49.9 Å². The number of nitrogens with zero attached hydrogens (tertiary/aromatic N) is 2.